The van der Waals surface area contributed by atoms with Crippen molar-refractivity contribution in [3.8, 4) is 0 Å². The number of alkyl halides is 3. The van der Waals surface area contributed by atoms with Crippen molar-refractivity contribution in [1.82, 2.24) is 4.98 Å². The predicted molar refractivity (Wildman–Crippen MR) is 81.8 cm³/mol. The smallest absolute Gasteiger partial charge is 0.257 e. The summed E-state index contributed by atoms with van der Waals surface area (Å²) in [6.07, 6.45) is 7.63. The molecule has 0 spiro atoms. The summed E-state index contributed by atoms with van der Waals surface area (Å²) in [4.78, 5) is 7.85. The van der Waals surface area contributed by atoms with Gasteiger partial charge in [0.15, 0.2) is 0 Å². The zero-order valence-electron chi connectivity index (χ0n) is 12.5. The molecule has 0 radical (unpaired) electrons. The third-order valence-electron chi connectivity index (χ3n) is 3.49. The average Bonchev–Trinajstić information content (AvgIpc) is 2.45. The van der Waals surface area contributed by atoms with Crippen molar-refractivity contribution in [1.29, 1.82) is 0 Å². The van der Waals surface area contributed by atoms with Gasteiger partial charge in [0.05, 0.1) is 5.71 Å². The molecule has 2 heterocycles. The number of hydrogen-bond acceptors (Lipinski definition) is 2. The fraction of sp³-hybridized carbons (Fsp3) is 0.412. The molecule has 1 aliphatic heterocycles. The highest BCUT2D eigenvalue weighted by atomic mass is 19.4. The van der Waals surface area contributed by atoms with Crippen LogP contribution >= 0.6 is 0 Å². The van der Waals surface area contributed by atoms with E-state index in [9.17, 15) is 13.2 Å². The monoisotopic (exact) mass is 308 g/mol. The molecule has 0 aliphatic carbocycles. The molecule has 0 aromatic carbocycles. The predicted octanol–water partition coefficient (Wildman–Crippen LogP) is 5.31. The highest BCUT2D eigenvalue weighted by molar-refractivity contribution is 6.09. The molecule has 22 heavy (non-hydrogen) atoms. The van der Waals surface area contributed by atoms with Crippen molar-refractivity contribution in [2.75, 3.05) is 0 Å². The van der Waals surface area contributed by atoms with Gasteiger partial charge in [0.25, 0.3) is 0 Å². The fourth-order valence-corrected chi connectivity index (χ4v) is 2.25. The third kappa shape index (κ3) is 4.55. The molecular weight excluding hydrogens is 289 g/mol. The van der Waals surface area contributed by atoms with Gasteiger partial charge in [-0.3, -0.25) is 9.98 Å². The molecule has 1 aliphatic rings. The van der Waals surface area contributed by atoms with Gasteiger partial charge < -0.3 is 0 Å². The number of aromatic nitrogens is 1. The minimum atomic E-state index is -4.41. The van der Waals surface area contributed by atoms with Gasteiger partial charge in [0.2, 0.25) is 0 Å². The number of halogens is 3. The standard InChI is InChI=1S/C17H19F3N2/c1-2-3-6-13-7-4-5-10-21-15(11-13)14-8-9-16(22-12-14)17(18,19)20/h5,8-12H,2-4,6-7H2,1H3/b10-5-,13-11-,21-15-. The lowest BCUT2D eigenvalue weighted by Crippen LogP contribution is -2.09. The SMILES string of the molecule is CCCC/C1=C/C(c2ccc(C(F)(F)F)nc2)=N/C=C\CC1. The van der Waals surface area contributed by atoms with Crippen LogP contribution < -0.4 is 0 Å². The molecule has 0 atom stereocenters. The molecule has 118 valence electrons. The number of nitrogens with zero attached hydrogens (tertiary/aromatic N) is 2. The van der Waals surface area contributed by atoms with Gasteiger partial charge in [-0.25, -0.2) is 0 Å². The van der Waals surface area contributed by atoms with Crippen molar-refractivity contribution in [2.45, 2.75) is 45.2 Å². The molecule has 0 unspecified atom stereocenters. The molecule has 0 bridgehead atoms. The van der Waals surface area contributed by atoms with Crippen LogP contribution in [0.3, 0.4) is 0 Å². The first kappa shape index (κ1) is 16.5. The summed E-state index contributed by atoms with van der Waals surface area (Å²) < 4.78 is 37.7. The summed E-state index contributed by atoms with van der Waals surface area (Å²) >= 11 is 0. The molecule has 0 saturated heterocycles. The van der Waals surface area contributed by atoms with Crippen LogP contribution in [0.1, 0.15) is 50.3 Å². The minimum Gasteiger partial charge on any atom is -0.257 e. The Labute approximate surface area is 128 Å². The average molecular weight is 308 g/mol. The van der Waals surface area contributed by atoms with Gasteiger partial charge >= 0.3 is 6.18 Å². The maximum absolute atomic E-state index is 12.6. The van der Waals surface area contributed by atoms with Crippen LogP contribution in [0.15, 0.2) is 47.2 Å². The summed E-state index contributed by atoms with van der Waals surface area (Å²) in [7, 11) is 0. The molecule has 0 amide bonds. The fourth-order valence-electron chi connectivity index (χ4n) is 2.25. The Hall–Kier alpha value is -1.91. The Morgan fingerprint density at radius 3 is 2.68 bits per heavy atom. The largest absolute Gasteiger partial charge is 0.433 e. The number of hydrogen-bond donors (Lipinski definition) is 0. The van der Waals surface area contributed by atoms with Gasteiger partial charge in [-0.05, 0) is 43.9 Å². The highest BCUT2D eigenvalue weighted by Crippen LogP contribution is 2.27. The van der Waals surface area contributed by atoms with Gasteiger partial charge in [-0.2, -0.15) is 13.2 Å². The lowest BCUT2D eigenvalue weighted by Gasteiger charge is -2.10. The zero-order chi connectivity index (χ0) is 16.0. The summed E-state index contributed by atoms with van der Waals surface area (Å²) in [6.45, 7) is 2.14. The Balaban J connectivity index is 2.27. The van der Waals surface area contributed by atoms with Crippen molar-refractivity contribution >= 4 is 5.71 Å². The molecular formula is C17H19F3N2. The molecule has 5 heteroatoms. The second-order valence-electron chi connectivity index (χ2n) is 5.27. The molecule has 0 saturated carbocycles. The van der Waals surface area contributed by atoms with Crippen LogP contribution in [0.2, 0.25) is 0 Å². The number of aliphatic imine (C=N–C) groups is 1. The molecule has 0 N–H and O–H groups in total. The molecule has 1 aromatic heterocycles. The van der Waals surface area contributed by atoms with E-state index in [1.165, 1.54) is 17.8 Å². The summed E-state index contributed by atoms with van der Waals surface area (Å²) in [6, 6.07) is 2.43. The number of allylic oxidation sites excluding steroid dienone is 3. The van der Waals surface area contributed by atoms with Crippen LogP contribution in [0.5, 0.6) is 0 Å². The maximum atomic E-state index is 12.6. The van der Waals surface area contributed by atoms with Crippen LogP contribution in [-0.2, 0) is 6.18 Å². The van der Waals surface area contributed by atoms with Crippen molar-refractivity contribution < 1.29 is 13.2 Å². The van der Waals surface area contributed by atoms with E-state index in [0.717, 1.165) is 38.2 Å². The quantitative estimate of drug-likeness (QED) is 0.739. The normalized spacial score (nSPS) is 22.0. The summed E-state index contributed by atoms with van der Waals surface area (Å²) in [5, 5.41) is 0. The Kier molecular flexibility index (Phi) is 5.52. The Morgan fingerprint density at radius 2 is 2.05 bits per heavy atom. The van der Waals surface area contributed by atoms with E-state index >= 15 is 0 Å². The van der Waals surface area contributed by atoms with E-state index < -0.39 is 11.9 Å². The Bertz CT molecular complexity index is 581. The molecule has 1 aromatic rings. The van der Waals surface area contributed by atoms with Crippen molar-refractivity contribution in [2.24, 2.45) is 4.99 Å². The first-order valence-corrected chi connectivity index (χ1v) is 7.46. The van der Waals surface area contributed by atoms with Crippen molar-refractivity contribution in [3.63, 3.8) is 0 Å². The first-order chi connectivity index (χ1) is 10.5. The molecule has 2 rings (SSSR count). The lowest BCUT2D eigenvalue weighted by molar-refractivity contribution is -0.141. The Morgan fingerprint density at radius 1 is 1.23 bits per heavy atom. The van der Waals surface area contributed by atoms with Gasteiger partial charge in [-0.15, -0.1) is 0 Å². The number of unbranched alkanes of at least 4 members (excludes halogenated alkanes) is 1. The van der Waals surface area contributed by atoms with Gasteiger partial charge in [0.1, 0.15) is 5.69 Å². The van der Waals surface area contributed by atoms with E-state index in [-0.39, 0.29) is 0 Å². The first-order valence-electron chi connectivity index (χ1n) is 7.46. The van der Waals surface area contributed by atoms with Crippen LogP contribution in [-0.4, -0.2) is 10.7 Å². The summed E-state index contributed by atoms with van der Waals surface area (Å²) in [5.41, 5.74) is 1.68. The van der Waals surface area contributed by atoms with Gasteiger partial charge in [0, 0.05) is 18.0 Å². The zero-order valence-corrected chi connectivity index (χ0v) is 12.5. The topological polar surface area (TPSA) is 25.2 Å². The number of rotatable bonds is 4. The summed E-state index contributed by atoms with van der Waals surface area (Å²) in [5.74, 6) is 0. The van der Waals surface area contributed by atoms with E-state index in [2.05, 4.69) is 16.9 Å². The minimum absolute atomic E-state index is 0.605. The number of pyridine rings is 1. The van der Waals surface area contributed by atoms with E-state index in [4.69, 9.17) is 0 Å². The highest BCUT2D eigenvalue weighted by Gasteiger charge is 2.32. The van der Waals surface area contributed by atoms with Crippen LogP contribution in [0.4, 0.5) is 13.2 Å². The van der Waals surface area contributed by atoms with Crippen LogP contribution in [0, 0.1) is 0 Å². The van der Waals surface area contributed by atoms with E-state index in [0.29, 0.717) is 11.3 Å². The maximum Gasteiger partial charge on any atom is 0.433 e. The lowest BCUT2D eigenvalue weighted by atomic mass is 9.99. The second kappa shape index (κ2) is 7.38. The van der Waals surface area contributed by atoms with Gasteiger partial charge in [-0.1, -0.05) is 25.0 Å². The third-order valence-corrected chi connectivity index (χ3v) is 3.49. The van der Waals surface area contributed by atoms with E-state index in [1.54, 1.807) is 6.20 Å². The molecule has 2 nitrogen and oxygen atoms in total. The van der Waals surface area contributed by atoms with E-state index in [1.807, 2.05) is 12.2 Å². The second-order valence-corrected chi connectivity index (χ2v) is 5.27. The molecule has 0 fully saturated rings. The van der Waals surface area contributed by atoms with Crippen molar-refractivity contribution in [3.05, 3.63) is 53.5 Å². The van der Waals surface area contributed by atoms with Crippen LogP contribution in [0.25, 0.3) is 0 Å².